The Hall–Kier alpha value is -2.71. The van der Waals surface area contributed by atoms with E-state index in [2.05, 4.69) is 43.7 Å². The minimum atomic E-state index is -0.111. The fraction of sp³-hybridized carbons (Fsp3) is 0.435. The largest absolute Gasteiger partial charge is 0.397 e. The number of rotatable bonds is 3. The summed E-state index contributed by atoms with van der Waals surface area (Å²) in [6.07, 6.45) is 5.65. The minimum Gasteiger partial charge on any atom is -0.397 e. The van der Waals surface area contributed by atoms with Gasteiger partial charge in [0.2, 0.25) is 0 Å². The quantitative estimate of drug-likeness (QED) is 0.584. The molecule has 2 aromatic heterocycles. The van der Waals surface area contributed by atoms with Crippen LogP contribution in [0, 0.1) is 6.92 Å². The van der Waals surface area contributed by atoms with Crippen LogP contribution < -0.4 is 21.3 Å². The summed E-state index contributed by atoms with van der Waals surface area (Å²) in [5, 5.41) is 7.42. The molecule has 31 heavy (non-hydrogen) atoms. The van der Waals surface area contributed by atoms with Crippen LogP contribution in [0.2, 0.25) is 0 Å². The lowest BCUT2D eigenvalue weighted by molar-refractivity contribution is 0.0938. The summed E-state index contributed by atoms with van der Waals surface area (Å²) in [6, 6.07) is 6.95. The zero-order valence-electron chi connectivity index (χ0n) is 17.8. The number of aromatic nitrogens is 2. The third-order valence-electron chi connectivity index (χ3n) is 6.27. The van der Waals surface area contributed by atoms with E-state index in [0.29, 0.717) is 16.4 Å². The predicted octanol–water partition coefficient (Wildman–Crippen LogP) is 2.67. The smallest absolute Gasteiger partial charge is 0.263 e. The minimum absolute atomic E-state index is 0.111. The Balaban J connectivity index is 1.29. The highest BCUT2D eigenvalue weighted by atomic mass is 32.1. The van der Waals surface area contributed by atoms with Gasteiger partial charge in [-0.3, -0.25) is 4.79 Å². The highest BCUT2D eigenvalue weighted by Gasteiger charge is 2.24. The number of amides is 1. The highest BCUT2D eigenvalue weighted by molar-refractivity contribution is 7.21. The second kappa shape index (κ2) is 8.43. The number of aryl methyl sites for hydroxylation is 2. The van der Waals surface area contributed by atoms with Gasteiger partial charge in [0.25, 0.3) is 5.91 Å². The van der Waals surface area contributed by atoms with Gasteiger partial charge in [0.1, 0.15) is 15.5 Å². The topological polar surface area (TPSA) is 96.2 Å². The van der Waals surface area contributed by atoms with Gasteiger partial charge in [-0.25, -0.2) is 9.97 Å². The Bertz CT molecular complexity index is 1120. The normalized spacial score (nSPS) is 19.1. The average molecular weight is 437 g/mol. The molecule has 0 radical (unpaired) electrons. The van der Waals surface area contributed by atoms with Crippen molar-refractivity contribution >= 4 is 38.8 Å². The molecule has 0 bridgehead atoms. The number of hydrogen-bond donors (Lipinski definition) is 3. The van der Waals surface area contributed by atoms with Crippen molar-refractivity contribution < 1.29 is 4.79 Å². The Kier molecular flexibility index (Phi) is 5.50. The predicted molar refractivity (Wildman–Crippen MR) is 126 cm³/mol. The van der Waals surface area contributed by atoms with Gasteiger partial charge in [0.05, 0.1) is 11.1 Å². The molecule has 1 amide bonds. The molecule has 3 heterocycles. The van der Waals surface area contributed by atoms with Gasteiger partial charge in [0, 0.05) is 37.6 Å². The summed E-state index contributed by atoms with van der Waals surface area (Å²) in [5.74, 6) is 0.570. The molecule has 2 aliphatic rings. The molecule has 8 heteroatoms. The van der Waals surface area contributed by atoms with E-state index in [1.165, 1.54) is 34.6 Å². The van der Waals surface area contributed by atoms with E-state index in [1.54, 1.807) is 6.20 Å². The molecule has 0 saturated carbocycles. The van der Waals surface area contributed by atoms with Crippen LogP contribution in [0.4, 0.5) is 11.4 Å². The molecule has 3 aromatic rings. The van der Waals surface area contributed by atoms with E-state index in [1.807, 2.05) is 6.92 Å². The summed E-state index contributed by atoms with van der Waals surface area (Å²) in [7, 11) is 0. The molecule has 1 saturated heterocycles. The van der Waals surface area contributed by atoms with Gasteiger partial charge in [-0.05, 0) is 62.4 Å². The third kappa shape index (κ3) is 4.09. The zero-order valence-corrected chi connectivity index (χ0v) is 18.6. The average Bonchev–Trinajstić information content (AvgIpc) is 2.94. The first-order valence-electron chi connectivity index (χ1n) is 11.0. The molecule has 0 spiro atoms. The van der Waals surface area contributed by atoms with E-state index < -0.39 is 0 Å². The molecule has 7 nitrogen and oxygen atoms in total. The number of nitrogens with two attached hydrogens (primary N) is 1. The summed E-state index contributed by atoms with van der Waals surface area (Å²) >= 11 is 1.34. The van der Waals surface area contributed by atoms with Crippen molar-refractivity contribution in [2.24, 2.45) is 0 Å². The first kappa shape index (κ1) is 20.2. The number of hydrogen-bond acceptors (Lipinski definition) is 7. The number of nitrogens with one attached hydrogen (secondary N) is 2. The number of anilines is 2. The number of nitrogen functional groups attached to an aromatic ring is 1. The number of thiophene rings is 1. The van der Waals surface area contributed by atoms with Crippen LogP contribution in [0.25, 0.3) is 10.2 Å². The molecular formula is C23H28N6OS. The van der Waals surface area contributed by atoms with Crippen LogP contribution in [-0.4, -0.2) is 48.1 Å². The summed E-state index contributed by atoms with van der Waals surface area (Å²) in [4.78, 5) is 25.3. The van der Waals surface area contributed by atoms with Crippen molar-refractivity contribution in [1.29, 1.82) is 0 Å². The van der Waals surface area contributed by atoms with E-state index in [-0.39, 0.29) is 11.9 Å². The van der Waals surface area contributed by atoms with Crippen LogP contribution >= 0.6 is 11.3 Å². The first-order chi connectivity index (χ1) is 15.1. The lowest BCUT2D eigenvalue weighted by Crippen LogP contribution is -2.38. The van der Waals surface area contributed by atoms with E-state index in [0.717, 1.165) is 55.7 Å². The van der Waals surface area contributed by atoms with Crippen molar-refractivity contribution in [2.75, 3.05) is 36.8 Å². The maximum atomic E-state index is 13.0. The van der Waals surface area contributed by atoms with Gasteiger partial charge >= 0.3 is 0 Å². The van der Waals surface area contributed by atoms with Gasteiger partial charge in [-0.2, -0.15) is 0 Å². The second-order valence-corrected chi connectivity index (χ2v) is 9.44. The van der Waals surface area contributed by atoms with E-state index in [4.69, 9.17) is 5.73 Å². The number of fused-ring (bicyclic) bond motifs is 2. The summed E-state index contributed by atoms with van der Waals surface area (Å²) < 4.78 is 0. The molecule has 1 aromatic carbocycles. The molecular weight excluding hydrogens is 408 g/mol. The molecule has 4 N–H and O–H groups in total. The number of benzene rings is 1. The van der Waals surface area contributed by atoms with Crippen LogP contribution in [0.15, 0.2) is 24.4 Å². The van der Waals surface area contributed by atoms with Crippen molar-refractivity contribution in [3.05, 3.63) is 46.2 Å². The Labute approximate surface area is 186 Å². The van der Waals surface area contributed by atoms with Gasteiger partial charge < -0.3 is 21.3 Å². The van der Waals surface area contributed by atoms with E-state index >= 15 is 0 Å². The Morgan fingerprint density at radius 2 is 2.19 bits per heavy atom. The van der Waals surface area contributed by atoms with Crippen molar-refractivity contribution in [1.82, 2.24) is 20.6 Å². The first-order valence-corrected chi connectivity index (χ1v) is 11.8. The van der Waals surface area contributed by atoms with Crippen LogP contribution in [0.1, 0.15) is 39.5 Å². The molecule has 0 unspecified atom stereocenters. The molecule has 1 fully saturated rings. The highest BCUT2D eigenvalue weighted by Crippen LogP contribution is 2.32. The third-order valence-corrected chi connectivity index (χ3v) is 7.39. The zero-order chi connectivity index (χ0) is 21.4. The molecule has 1 atom stereocenters. The Morgan fingerprint density at radius 3 is 3.10 bits per heavy atom. The van der Waals surface area contributed by atoms with Gasteiger partial charge in [-0.15, -0.1) is 11.3 Å². The standard InChI is InChI=1S/C23H28N6OS/c1-14-26-13-19-20(24)21(31-23(19)27-14)22(30)28-17-5-3-16-12-18(6-4-15(16)11-17)29-9-2-7-25-8-10-29/h4,6,12-13,17,25H,2-3,5,7-11,24H2,1H3,(H,28,30)/t17-/m1/s1. The van der Waals surface area contributed by atoms with Crippen molar-refractivity contribution in [2.45, 2.75) is 38.6 Å². The fourth-order valence-electron chi connectivity index (χ4n) is 4.57. The second-order valence-electron chi connectivity index (χ2n) is 8.44. The van der Waals surface area contributed by atoms with E-state index in [9.17, 15) is 4.79 Å². The summed E-state index contributed by atoms with van der Waals surface area (Å²) in [5.41, 5.74) is 10.8. The van der Waals surface area contributed by atoms with Crippen molar-refractivity contribution in [3.8, 4) is 0 Å². The van der Waals surface area contributed by atoms with Crippen LogP contribution in [0.3, 0.4) is 0 Å². The fourth-order valence-corrected chi connectivity index (χ4v) is 5.59. The lowest BCUT2D eigenvalue weighted by Gasteiger charge is -2.28. The van der Waals surface area contributed by atoms with Gasteiger partial charge in [0.15, 0.2) is 0 Å². The van der Waals surface area contributed by atoms with Crippen LogP contribution in [-0.2, 0) is 12.8 Å². The SMILES string of the molecule is Cc1ncc2c(N)c(C(=O)N[C@@H]3CCc4cc(N5CCCNCC5)ccc4C3)sc2n1. The maximum Gasteiger partial charge on any atom is 0.263 e. The Morgan fingerprint density at radius 1 is 1.29 bits per heavy atom. The van der Waals surface area contributed by atoms with Crippen LogP contribution in [0.5, 0.6) is 0 Å². The molecule has 5 rings (SSSR count). The maximum absolute atomic E-state index is 13.0. The number of carbonyl (C=O) groups is 1. The number of carbonyl (C=O) groups excluding carboxylic acids is 1. The van der Waals surface area contributed by atoms with Crippen molar-refractivity contribution in [3.63, 3.8) is 0 Å². The molecule has 162 valence electrons. The monoisotopic (exact) mass is 436 g/mol. The lowest BCUT2D eigenvalue weighted by atomic mass is 9.87. The number of nitrogens with zero attached hydrogens (tertiary/aromatic N) is 3. The molecule has 1 aliphatic carbocycles. The molecule has 1 aliphatic heterocycles. The summed E-state index contributed by atoms with van der Waals surface area (Å²) in [6.45, 7) is 6.13. The van der Waals surface area contributed by atoms with Gasteiger partial charge in [-0.1, -0.05) is 6.07 Å².